The van der Waals surface area contributed by atoms with Crippen molar-refractivity contribution in [2.24, 2.45) is 4.99 Å². The molecule has 1 aromatic rings. The normalized spacial score (nSPS) is 16.5. The predicted octanol–water partition coefficient (Wildman–Crippen LogP) is 1.91. The molecule has 6 heteroatoms. The van der Waals surface area contributed by atoms with Crippen molar-refractivity contribution in [3.63, 3.8) is 0 Å². The first kappa shape index (κ1) is 15.7. The first-order chi connectivity index (χ1) is 8.27. The van der Waals surface area contributed by atoms with Crippen molar-refractivity contribution in [1.82, 2.24) is 15.5 Å². The lowest BCUT2D eigenvalue weighted by Gasteiger charge is -2.25. The third kappa shape index (κ3) is 4.40. The molecule has 0 saturated heterocycles. The summed E-state index contributed by atoms with van der Waals surface area (Å²) in [6, 6.07) is 4.70. The molecule has 0 amide bonds. The van der Waals surface area contributed by atoms with E-state index in [4.69, 9.17) is 0 Å². The fraction of sp³-hybridized carbons (Fsp3) is 0.583. The first-order valence-corrected chi connectivity index (χ1v) is 6.87. The Hall–Kier alpha value is -0.340. The Morgan fingerprint density at radius 1 is 1.56 bits per heavy atom. The Balaban J connectivity index is 0.00000162. The molecule has 0 aliphatic carbocycles. The van der Waals surface area contributed by atoms with Crippen molar-refractivity contribution in [3.8, 4) is 0 Å². The number of thiophene rings is 1. The van der Waals surface area contributed by atoms with E-state index in [1.54, 1.807) is 11.3 Å². The fourth-order valence-corrected chi connectivity index (χ4v) is 2.79. The highest BCUT2D eigenvalue weighted by Crippen LogP contribution is 2.22. The van der Waals surface area contributed by atoms with Gasteiger partial charge in [-0.05, 0) is 32.0 Å². The zero-order chi connectivity index (χ0) is 12.1. The Bertz CT molecular complexity index is 364. The van der Waals surface area contributed by atoms with Crippen molar-refractivity contribution in [2.45, 2.75) is 12.5 Å². The van der Waals surface area contributed by atoms with Crippen molar-refractivity contribution in [3.05, 3.63) is 22.4 Å². The van der Waals surface area contributed by atoms with Crippen LogP contribution in [0.4, 0.5) is 0 Å². The van der Waals surface area contributed by atoms with Crippen LogP contribution in [0.15, 0.2) is 22.5 Å². The molecule has 0 spiro atoms. The molecule has 0 aromatic carbocycles. The van der Waals surface area contributed by atoms with E-state index in [1.165, 1.54) is 4.88 Å². The van der Waals surface area contributed by atoms with Gasteiger partial charge in [0.05, 0.1) is 6.04 Å². The average Bonchev–Trinajstić information content (AvgIpc) is 2.84. The molecule has 1 aromatic heterocycles. The van der Waals surface area contributed by atoms with E-state index >= 15 is 0 Å². The number of nitrogens with one attached hydrogen (secondary N) is 2. The molecule has 2 heterocycles. The maximum atomic E-state index is 4.42. The number of likely N-dealkylation sites (N-methyl/N-ethyl adjacent to an activating group) is 1. The average molecular weight is 380 g/mol. The summed E-state index contributed by atoms with van der Waals surface area (Å²) in [6.45, 7) is 2.85. The monoisotopic (exact) mass is 380 g/mol. The highest BCUT2D eigenvalue weighted by molar-refractivity contribution is 14.0. The van der Waals surface area contributed by atoms with E-state index < -0.39 is 0 Å². The van der Waals surface area contributed by atoms with Crippen LogP contribution in [-0.2, 0) is 0 Å². The molecule has 1 unspecified atom stereocenters. The SMILES string of the molecule is CN(C)C(CNC1=NCCCN1)c1cccs1.I. The summed E-state index contributed by atoms with van der Waals surface area (Å²) < 4.78 is 0. The Morgan fingerprint density at radius 2 is 2.39 bits per heavy atom. The number of aliphatic imine (C=N–C) groups is 1. The largest absolute Gasteiger partial charge is 0.356 e. The standard InChI is InChI=1S/C12H20N4S.HI/c1-16(2)10(11-5-3-8-17-11)9-15-12-13-6-4-7-14-12;/h3,5,8,10H,4,6-7,9H2,1-2H3,(H2,13,14,15);1H. The maximum absolute atomic E-state index is 4.42. The Morgan fingerprint density at radius 3 is 2.94 bits per heavy atom. The summed E-state index contributed by atoms with van der Waals surface area (Å²) in [5.74, 6) is 0.944. The number of nitrogens with zero attached hydrogens (tertiary/aromatic N) is 2. The lowest BCUT2D eigenvalue weighted by molar-refractivity contribution is 0.302. The number of guanidine groups is 1. The zero-order valence-electron chi connectivity index (χ0n) is 10.8. The van der Waals surface area contributed by atoms with Gasteiger partial charge in [0, 0.05) is 24.5 Å². The molecule has 0 saturated carbocycles. The molecule has 18 heavy (non-hydrogen) atoms. The summed E-state index contributed by atoms with van der Waals surface area (Å²) in [6.07, 6.45) is 1.13. The number of halogens is 1. The summed E-state index contributed by atoms with van der Waals surface area (Å²) in [5, 5.41) is 8.80. The van der Waals surface area contributed by atoms with Gasteiger partial charge in [-0.3, -0.25) is 4.99 Å². The van der Waals surface area contributed by atoms with Crippen LogP contribution in [0.25, 0.3) is 0 Å². The lowest BCUT2D eigenvalue weighted by Crippen LogP contribution is -2.43. The molecular weight excluding hydrogens is 359 g/mol. The molecule has 0 radical (unpaired) electrons. The number of hydrogen-bond donors (Lipinski definition) is 2. The van der Waals surface area contributed by atoms with Crippen LogP contribution in [0.3, 0.4) is 0 Å². The summed E-state index contributed by atoms with van der Waals surface area (Å²) >= 11 is 1.80. The van der Waals surface area contributed by atoms with Crippen LogP contribution in [-0.4, -0.2) is 44.6 Å². The van der Waals surface area contributed by atoms with Crippen molar-refractivity contribution < 1.29 is 0 Å². The van der Waals surface area contributed by atoms with Gasteiger partial charge in [0.25, 0.3) is 0 Å². The second-order valence-corrected chi connectivity index (χ2v) is 5.37. The molecule has 102 valence electrons. The van der Waals surface area contributed by atoms with Crippen molar-refractivity contribution >= 4 is 41.3 Å². The molecule has 1 aliphatic rings. The van der Waals surface area contributed by atoms with Gasteiger partial charge >= 0.3 is 0 Å². The third-order valence-corrected chi connectivity index (χ3v) is 3.83. The lowest BCUT2D eigenvalue weighted by atomic mass is 10.2. The highest BCUT2D eigenvalue weighted by atomic mass is 127. The third-order valence-electron chi connectivity index (χ3n) is 2.86. The molecule has 1 atom stereocenters. The predicted molar refractivity (Wildman–Crippen MR) is 89.1 cm³/mol. The van der Waals surface area contributed by atoms with Crippen LogP contribution >= 0.6 is 35.3 Å². The van der Waals surface area contributed by atoms with Gasteiger partial charge in [-0.2, -0.15) is 0 Å². The van der Waals surface area contributed by atoms with Crippen molar-refractivity contribution in [2.75, 3.05) is 33.7 Å². The minimum absolute atomic E-state index is 0. The van der Waals surface area contributed by atoms with E-state index in [0.717, 1.165) is 32.0 Å². The van der Waals surface area contributed by atoms with E-state index in [2.05, 4.69) is 52.1 Å². The number of rotatable bonds is 4. The molecule has 4 nitrogen and oxygen atoms in total. The van der Waals surface area contributed by atoms with Crippen molar-refractivity contribution in [1.29, 1.82) is 0 Å². The molecule has 2 rings (SSSR count). The summed E-state index contributed by atoms with van der Waals surface area (Å²) in [5.41, 5.74) is 0. The van der Waals surface area contributed by atoms with Gasteiger partial charge in [0.2, 0.25) is 0 Å². The van der Waals surface area contributed by atoms with Gasteiger partial charge in [-0.15, -0.1) is 35.3 Å². The second kappa shape index (κ2) is 7.96. The quantitative estimate of drug-likeness (QED) is 0.784. The van der Waals surface area contributed by atoms with E-state index in [1.807, 2.05) is 0 Å². The van der Waals surface area contributed by atoms with Crippen LogP contribution in [0.5, 0.6) is 0 Å². The van der Waals surface area contributed by atoms with Crippen LogP contribution in [0, 0.1) is 0 Å². The highest BCUT2D eigenvalue weighted by Gasteiger charge is 2.15. The van der Waals surface area contributed by atoms with Gasteiger partial charge in [0.15, 0.2) is 5.96 Å². The minimum atomic E-state index is 0. The van der Waals surface area contributed by atoms with Gasteiger partial charge < -0.3 is 15.5 Å². The molecule has 1 aliphatic heterocycles. The van der Waals surface area contributed by atoms with E-state index in [-0.39, 0.29) is 24.0 Å². The van der Waals surface area contributed by atoms with Crippen LogP contribution in [0.1, 0.15) is 17.3 Å². The minimum Gasteiger partial charge on any atom is -0.356 e. The van der Waals surface area contributed by atoms with E-state index in [0.29, 0.717) is 6.04 Å². The van der Waals surface area contributed by atoms with E-state index in [9.17, 15) is 0 Å². The zero-order valence-corrected chi connectivity index (χ0v) is 14.0. The molecule has 2 N–H and O–H groups in total. The molecule has 0 bridgehead atoms. The Labute approximate surface area is 130 Å². The Kier molecular flexibility index (Phi) is 6.95. The molecule has 0 fully saturated rings. The number of hydrogen-bond acceptors (Lipinski definition) is 5. The summed E-state index contributed by atoms with van der Waals surface area (Å²) in [7, 11) is 4.23. The van der Waals surface area contributed by atoms with Gasteiger partial charge in [0.1, 0.15) is 0 Å². The van der Waals surface area contributed by atoms with Gasteiger partial charge in [-0.1, -0.05) is 6.07 Å². The van der Waals surface area contributed by atoms with Crippen LogP contribution < -0.4 is 10.6 Å². The van der Waals surface area contributed by atoms with Crippen LogP contribution in [0.2, 0.25) is 0 Å². The topological polar surface area (TPSA) is 39.7 Å². The first-order valence-electron chi connectivity index (χ1n) is 5.99. The van der Waals surface area contributed by atoms with Gasteiger partial charge in [-0.25, -0.2) is 0 Å². The fourth-order valence-electron chi connectivity index (χ4n) is 1.86. The summed E-state index contributed by atoms with van der Waals surface area (Å²) in [4.78, 5) is 8.05. The molecular formula is C12H21IN4S. The smallest absolute Gasteiger partial charge is 0.191 e. The maximum Gasteiger partial charge on any atom is 0.191 e. The second-order valence-electron chi connectivity index (χ2n) is 4.39.